The van der Waals surface area contributed by atoms with Gasteiger partial charge in [-0.25, -0.2) is 0 Å². The molecule has 53 heavy (non-hydrogen) atoms. The molecule has 9 heteroatoms. The van der Waals surface area contributed by atoms with E-state index < -0.39 is 12.2 Å². The molecule has 8 nitrogen and oxygen atoms in total. The Labute approximate surface area is 323 Å². The summed E-state index contributed by atoms with van der Waals surface area (Å²) >= 11 is 6.59. The molecule has 3 rings (SSSR count). The smallest absolute Gasteiger partial charge is 0.306 e. The second kappa shape index (κ2) is 25.1. The number of ether oxygens (including phenoxy) is 6. The maximum absolute atomic E-state index is 12.7. The van der Waals surface area contributed by atoms with Crippen molar-refractivity contribution in [2.75, 3.05) is 39.6 Å². The second-order valence-electron chi connectivity index (χ2n) is 14.1. The van der Waals surface area contributed by atoms with Gasteiger partial charge in [-0.15, -0.1) is 0 Å². The van der Waals surface area contributed by atoms with Crippen molar-refractivity contribution in [3.05, 3.63) is 47.5 Å². The Kier molecular flexibility index (Phi) is 21.0. The maximum Gasteiger partial charge on any atom is 0.306 e. The fourth-order valence-corrected chi connectivity index (χ4v) is 6.57. The average Bonchev–Trinajstić information content (AvgIpc) is 3.15. The minimum absolute atomic E-state index is 0.108. The van der Waals surface area contributed by atoms with E-state index in [9.17, 15) is 9.59 Å². The third kappa shape index (κ3) is 14.9. The molecule has 0 radical (unpaired) electrons. The van der Waals surface area contributed by atoms with Gasteiger partial charge in [-0.2, -0.15) is 0 Å². The molecule has 0 saturated heterocycles. The summed E-state index contributed by atoms with van der Waals surface area (Å²) in [5.74, 6) is 1.64. The van der Waals surface area contributed by atoms with Gasteiger partial charge in [0.05, 0.1) is 13.2 Å². The van der Waals surface area contributed by atoms with Crippen LogP contribution in [0.1, 0.15) is 119 Å². The van der Waals surface area contributed by atoms with E-state index in [1.807, 2.05) is 56.3 Å². The fraction of sp³-hybridized carbons (Fsp3) is 0.636. The summed E-state index contributed by atoms with van der Waals surface area (Å²) in [6.45, 7) is 14.6. The molecule has 0 spiro atoms. The molecule has 4 atom stereocenters. The highest BCUT2D eigenvalue weighted by atomic mass is 35.5. The van der Waals surface area contributed by atoms with Crippen LogP contribution >= 0.6 is 11.6 Å². The van der Waals surface area contributed by atoms with Crippen molar-refractivity contribution in [2.24, 2.45) is 11.8 Å². The van der Waals surface area contributed by atoms with Crippen molar-refractivity contribution in [3.8, 4) is 11.5 Å². The summed E-state index contributed by atoms with van der Waals surface area (Å²) in [4.78, 5) is 25.3. The third-order valence-corrected chi connectivity index (χ3v) is 9.86. The molecule has 0 N–H and O–H groups in total. The maximum atomic E-state index is 12.7. The van der Waals surface area contributed by atoms with E-state index >= 15 is 0 Å². The summed E-state index contributed by atoms with van der Waals surface area (Å²) in [6.07, 6.45) is 9.83. The molecule has 0 aromatic heterocycles. The van der Waals surface area contributed by atoms with Gasteiger partial charge in [-0.3, -0.25) is 9.59 Å². The third-order valence-electron chi connectivity index (χ3n) is 9.62. The molecular weight excluding hydrogens is 692 g/mol. The van der Waals surface area contributed by atoms with Gasteiger partial charge in [-0.05, 0) is 55.7 Å². The van der Waals surface area contributed by atoms with Crippen LogP contribution in [0.15, 0.2) is 42.5 Å². The van der Waals surface area contributed by atoms with Gasteiger partial charge in [0.1, 0.15) is 24.7 Å². The first-order chi connectivity index (χ1) is 25.8. The number of esters is 2. The molecule has 0 heterocycles. The highest BCUT2D eigenvalue weighted by molar-refractivity contribution is 6.31. The predicted octanol–water partition coefficient (Wildman–Crippen LogP) is 11.3. The lowest BCUT2D eigenvalue weighted by Gasteiger charge is -2.24. The summed E-state index contributed by atoms with van der Waals surface area (Å²) in [5.41, 5.74) is 0. The van der Waals surface area contributed by atoms with Crippen LogP contribution in [0.4, 0.5) is 0 Å². The normalized spacial score (nSPS) is 13.8. The zero-order chi connectivity index (χ0) is 38.4. The standard InChI is InChI=1S/C44H65ClO8/c1-7-13-19-32(11-5)26-48-28-35(52-41(46)17-9-3)30-50-43-37-21-15-16-22-38(37)44(40-25-34(45)23-24-39(40)43)51-31-36(53-42(47)18-10-4)29-49-27-33(12-6)20-14-8-2/h15-16,21-25,32-33,35-36H,7-14,17-20,26-31H2,1-6H3. The molecule has 0 fully saturated rings. The van der Waals surface area contributed by atoms with Gasteiger partial charge in [0.15, 0.2) is 12.2 Å². The van der Waals surface area contributed by atoms with Gasteiger partial charge < -0.3 is 28.4 Å². The molecule has 0 aliphatic heterocycles. The number of carbonyl (C=O) groups excluding carboxylic acids is 2. The minimum atomic E-state index is -0.588. The molecule has 4 unspecified atom stereocenters. The molecule has 0 bridgehead atoms. The number of hydrogen-bond acceptors (Lipinski definition) is 8. The predicted molar refractivity (Wildman–Crippen MR) is 215 cm³/mol. The number of unbranched alkanes of at least 4 members (excludes halogenated alkanes) is 2. The van der Waals surface area contributed by atoms with Crippen LogP contribution in [0.5, 0.6) is 11.5 Å². The van der Waals surface area contributed by atoms with Gasteiger partial charge >= 0.3 is 11.9 Å². The molecule has 0 aliphatic carbocycles. The first-order valence-corrected chi connectivity index (χ1v) is 20.6. The van der Waals surface area contributed by atoms with Gasteiger partial charge in [0.2, 0.25) is 0 Å². The van der Waals surface area contributed by atoms with E-state index in [0.29, 0.717) is 67.3 Å². The highest BCUT2D eigenvalue weighted by Crippen LogP contribution is 2.44. The number of carbonyl (C=O) groups is 2. The number of halogens is 1. The van der Waals surface area contributed by atoms with Gasteiger partial charge in [0.25, 0.3) is 0 Å². The van der Waals surface area contributed by atoms with E-state index in [0.717, 1.165) is 60.1 Å². The molecule has 3 aromatic rings. The lowest BCUT2D eigenvalue weighted by Crippen LogP contribution is -2.31. The van der Waals surface area contributed by atoms with Crippen LogP contribution in [-0.4, -0.2) is 63.8 Å². The van der Waals surface area contributed by atoms with E-state index in [2.05, 4.69) is 27.7 Å². The molecule has 0 amide bonds. The van der Waals surface area contributed by atoms with Crippen LogP contribution in [0.2, 0.25) is 5.02 Å². The number of benzene rings is 3. The van der Waals surface area contributed by atoms with Gasteiger partial charge in [0, 0.05) is 52.6 Å². The van der Waals surface area contributed by atoms with Crippen LogP contribution in [-0.2, 0) is 28.5 Å². The lowest BCUT2D eigenvalue weighted by atomic mass is 10.0. The van der Waals surface area contributed by atoms with E-state index in [-0.39, 0.29) is 38.4 Å². The van der Waals surface area contributed by atoms with Crippen LogP contribution in [0, 0.1) is 11.8 Å². The molecule has 296 valence electrons. The second-order valence-corrected chi connectivity index (χ2v) is 14.6. The van der Waals surface area contributed by atoms with Crippen LogP contribution in [0.25, 0.3) is 21.5 Å². The monoisotopic (exact) mass is 756 g/mol. The number of hydrogen-bond donors (Lipinski definition) is 0. The quantitative estimate of drug-likeness (QED) is 0.0534. The lowest BCUT2D eigenvalue weighted by molar-refractivity contribution is -0.155. The first kappa shape index (κ1) is 44.3. The van der Waals surface area contributed by atoms with Crippen molar-refractivity contribution in [1.82, 2.24) is 0 Å². The van der Waals surface area contributed by atoms with E-state index in [1.54, 1.807) is 0 Å². The molecule has 0 saturated carbocycles. The van der Waals surface area contributed by atoms with Gasteiger partial charge in [-0.1, -0.05) is 116 Å². The Morgan fingerprint density at radius 2 is 1.02 bits per heavy atom. The van der Waals surface area contributed by atoms with Crippen LogP contribution in [0.3, 0.4) is 0 Å². The molecule has 3 aromatic carbocycles. The van der Waals surface area contributed by atoms with Crippen molar-refractivity contribution >= 4 is 45.1 Å². The number of rotatable bonds is 28. The summed E-state index contributed by atoms with van der Waals surface area (Å²) in [7, 11) is 0. The summed E-state index contributed by atoms with van der Waals surface area (Å²) in [6, 6.07) is 13.5. The highest BCUT2D eigenvalue weighted by Gasteiger charge is 2.23. The van der Waals surface area contributed by atoms with E-state index in [4.69, 9.17) is 40.0 Å². The summed E-state index contributed by atoms with van der Waals surface area (Å²) < 4.78 is 37.2. The Bertz CT molecular complexity index is 1510. The largest absolute Gasteiger partial charge is 0.488 e. The Morgan fingerprint density at radius 3 is 1.45 bits per heavy atom. The zero-order valence-corrected chi connectivity index (χ0v) is 34.0. The summed E-state index contributed by atoms with van der Waals surface area (Å²) in [5, 5.41) is 3.75. The van der Waals surface area contributed by atoms with Crippen molar-refractivity contribution in [3.63, 3.8) is 0 Å². The minimum Gasteiger partial charge on any atom is -0.488 e. The SMILES string of the molecule is CCCCC(CC)COCC(COc1c2ccccc2c(OCC(COCC(CC)CCCC)OC(=O)CCC)c2cc(Cl)ccc12)OC(=O)CCC. The Balaban J connectivity index is 1.89. The Hall–Kier alpha value is -3.07. The van der Waals surface area contributed by atoms with Crippen molar-refractivity contribution in [1.29, 1.82) is 0 Å². The molecular formula is C44H65ClO8. The molecule has 0 aliphatic rings. The zero-order valence-electron chi connectivity index (χ0n) is 33.2. The van der Waals surface area contributed by atoms with Crippen LogP contribution < -0.4 is 9.47 Å². The topological polar surface area (TPSA) is 89.5 Å². The van der Waals surface area contributed by atoms with E-state index in [1.165, 1.54) is 12.8 Å². The number of fused-ring (bicyclic) bond motifs is 2. The van der Waals surface area contributed by atoms with Crippen molar-refractivity contribution in [2.45, 2.75) is 131 Å². The average molecular weight is 757 g/mol. The fourth-order valence-electron chi connectivity index (χ4n) is 6.39. The van der Waals surface area contributed by atoms with Crippen molar-refractivity contribution < 1.29 is 38.0 Å². The Morgan fingerprint density at radius 1 is 0.566 bits per heavy atom. The first-order valence-electron chi connectivity index (χ1n) is 20.2.